The van der Waals surface area contributed by atoms with Gasteiger partial charge >= 0.3 is 0 Å². The molecule has 0 N–H and O–H groups in total. The predicted molar refractivity (Wildman–Crippen MR) is 146 cm³/mol. The highest BCUT2D eigenvalue weighted by atomic mass is 28.4. The molecule has 0 saturated heterocycles. The fourth-order valence-electron chi connectivity index (χ4n) is 7.32. The summed E-state index contributed by atoms with van der Waals surface area (Å²) in [6, 6.07) is 0. The molecule has 6 atom stereocenters. The summed E-state index contributed by atoms with van der Waals surface area (Å²) in [5.74, 6) is 4.25. The Hall–Kier alpha value is -0.686. The molecule has 4 aliphatic rings. The first kappa shape index (κ1) is 25.4. The molecule has 6 unspecified atom stereocenters. The van der Waals surface area contributed by atoms with Crippen molar-refractivity contribution in [3.05, 3.63) is 48.6 Å². The normalized spacial score (nSPS) is 35.0. The fourth-order valence-corrected chi connectivity index (χ4v) is 8.77. The van der Waals surface area contributed by atoms with Crippen LogP contribution in [0.4, 0.5) is 0 Å². The van der Waals surface area contributed by atoms with E-state index in [4.69, 9.17) is 8.85 Å². The van der Waals surface area contributed by atoms with Crippen molar-refractivity contribution in [2.75, 3.05) is 13.2 Å². The highest BCUT2D eigenvalue weighted by Gasteiger charge is 2.55. The molecule has 2 saturated carbocycles. The predicted octanol–water partition coefficient (Wildman–Crippen LogP) is 7.99. The second-order valence-electron chi connectivity index (χ2n) is 13.1. The van der Waals surface area contributed by atoms with Crippen molar-refractivity contribution >= 4 is 16.6 Å². The molecule has 0 radical (unpaired) electrons. The quantitative estimate of drug-likeness (QED) is 0.231. The van der Waals surface area contributed by atoms with Crippen LogP contribution in [0.5, 0.6) is 0 Å². The summed E-state index contributed by atoms with van der Waals surface area (Å²) in [5, 5.41) is 0. The van der Waals surface area contributed by atoms with Gasteiger partial charge < -0.3 is 8.85 Å². The third kappa shape index (κ3) is 5.94. The second kappa shape index (κ2) is 10.1. The second-order valence-corrected chi connectivity index (χ2v) is 22.1. The van der Waals surface area contributed by atoms with Crippen LogP contribution in [0.1, 0.15) is 38.5 Å². The molecule has 0 amide bonds. The average molecular weight is 485 g/mol. The summed E-state index contributed by atoms with van der Waals surface area (Å²) in [6.07, 6.45) is 27.1. The maximum Gasteiger partial charge on any atom is 0.183 e. The maximum absolute atomic E-state index is 6.90. The largest absolute Gasteiger partial charge is 0.418 e. The van der Waals surface area contributed by atoms with Gasteiger partial charge in [0.05, 0.1) is 0 Å². The van der Waals surface area contributed by atoms with Crippen LogP contribution in [0.2, 0.25) is 39.3 Å². The van der Waals surface area contributed by atoms with Gasteiger partial charge in [-0.3, -0.25) is 0 Å². The van der Waals surface area contributed by atoms with Gasteiger partial charge in [0.2, 0.25) is 0 Å². The number of allylic oxidation sites excluding steroid dienone is 8. The summed E-state index contributed by atoms with van der Waals surface area (Å²) in [5.41, 5.74) is 0.243. The number of rotatable bonds is 10. The first-order chi connectivity index (χ1) is 15.6. The van der Waals surface area contributed by atoms with Crippen LogP contribution in [0.25, 0.3) is 0 Å². The van der Waals surface area contributed by atoms with E-state index in [1.54, 1.807) is 0 Å². The standard InChI is InChI=1S/C29H48O2Si2/c1-32(2,3)30-21-11-20-29(22-31-33(4,5)6,27-18-16-23-12-7-9-14-25(23)27)28-19-17-24-13-8-10-15-26(24)28/h7-10,12-15,23-28H,11,16-22H2,1-6H3. The van der Waals surface area contributed by atoms with Gasteiger partial charge in [-0.15, -0.1) is 0 Å². The van der Waals surface area contributed by atoms with Gasteiger partial charge in [0.25, 0.3) is 0 Å². The van der Waals surface area contributed by atoms with E-state index in [9.17, 15) is 0 Å². The van der Waals surface area contributed by atoms with Crippen molar-refractivity contribution in [3.63, 3.8) is 0 Å². The Morgan fingerprint density at radius 1 is 0.667 bits per heavy atom. The van der Waals surface area contributed by atoms with Crippen molar-refractivity contribution in [2.45, 2.75) is 77.8 Å². The topological polar surface area (TPSA) is 18.5 Å². The summed E-state index contributed by atoms with van der Waals surface area (Å²) < 4.78 is 13.3. The lowest BCUT2D eigenvalue weighted by Gasteiger charge is -2.50. The minimum atomic E-state index is -1.62. The third-order valence-electron chi connectivity index (χ3n) is 8.72. The van der Waals surface area contributed by atoms with Gasteiger partial charge in [-0.05, 0) is 119 Å². The van der Waals surface area contributed by atoms with Gasteiger partial charge in [0, 0.05) is 13.2 Å². The molecule has 0 spiro atoms. The Labute approximate surface area is 205 Å². The lowest BCUT2D eigenvalue weighted by molar-refractivity contribution is -0.0258. The zero-order valence-electron chi connectivity index (χ0n) is 22.1. The molecule has 0 aromatic rings. The van der Waals surface area contributed by atoms with Gasteiger partial charge in [0.15, 0.2) is 16.6 Å². The first-order valence-electron chi connectivity index (χ1n) is 13.6. The monoisotopic (exact) mass is 484 g/mol. The molecule has 4 heteroatoms. The van der Waals surface area contributed by atoms with E-state index in [0.717, 1.165) is 36.9 Å². The van der Waals surface area contributed by atoms with E-state index in [0.29, 0.717) is 11.8 Å². The van der Waals surface area contributed by atoms with Gasteiger partial charge in [0.1, 0.15) is 0 Å². The molecular formula is C29H48O2Si2. The van der Waals surface area contributed by atoms with E-state index in [1.165, 1.54) is 38.5 Å². The molecule has 0 bridgehead atoms. The minimum Gasteiger partial charge on any atom is -0.418 e. The van der Waals surface area contributed by atoms with E-state index in [1.807, 2.05) is 0 Å². The molecule has 4 rings (SSSR count). The van der Waals surface area contributed by atoms with Gasteiger partial charge in [-0.2, -0.15) is 0 Å². The lowest BCUT2D eigenvalue weighted by Crippen LogP contribution is -2.48. The van der Waals surface area contributed by atoms with Crippen LogP contribution in [0.15, 0.2) is 48.6 Å². The zero-order valence-corrected chi connectivity index (χ0v) is 24.1. The molecule has 0 aromatic carbocycles. The highest BCUT2D eigenvalue weighted by Crippen LogP contribution is 2.60. The summed E-state index contributed by atoms with van der Waals surface area (Å²) >= 11 is 0. The highest BCUT2D eigenvalue weighted by molar-refractivity contribution is 6.70. The summed E-state index contributed by atoms with van der Waals surface area (Å²) in [6.45, 7) is 15.9. The molecule has 2 nitrogen and oxygen atoms in total. The Morgan fingerprint density at radius 2 is 1.15 bits per heavy atom. The number of hydrogen-bond acceptors (Lipinski definition) is 2. The summed E-state index contributed by atoms with van der Waals surface area (Å²) in [4.78, 5) is 0. The Kier molecular flexibility index (Phi) is 7.79. The van der Waals surface area contributed by atoms with Crippen LogP contribution < -0.4 is 0 Å². The number of fused-ring (bicyclic) bond motifs is 2. The van der Waals surface area contributed by atoms with Crippen LogP contribution in [-0.4, -0.2) is 29.8 Å². The van der Waals surface area contributed by atoms with Gasteiger partial charge in [-0.1, -0.05) is 48.6 Å². The molecule has 2 fully saturated rings. The Bertz CT molecular complexity index is 738. The molecule has 0 heterocycles. The van der Waals surface area contributed by atoms with Gasteiger partial charge in [-0.25, -0.2) is 0 Å². The zero-order chi connectivity index (χ0) is 23.7. The smallest absolute Gasteiger partial charge is 0.183 e. The minimum absolute atomic E-state index is 0.243. The molecule has 184 valence electrons. The third-order valence-corrected chi connectivity index (χ3v) is 10.8. The molecule has 0 aromatic heterocycles. The molecule has 4 aliphatic carbocycles. The maximum atomic E-state index is 6.90. The molecule has 33 heavy (non-hydrogen) atoms. The van der Waals surface area contributed by atoms with Crippen molar-refractivity contribution < 1.29 is 8.85 Å². The van der Waals surface area contributed by atoms with Crippen molar-refractivity contribution in [1.29, 1.82) is 0 Å². The Morgan fingerprint density at radius 3 is 1.64 bits per heavy atom. The van der Waals surface area contributed by atoms with Crippen LogP contribution in [0.3, 0.4) is 0 Å². The van der Waals surface area contributed by atoms with Crippen LogP contribution >= 0.6 is 0 Å². The van der Waals surface area contributed by atoms with Crippen LogP contribution in [-0.2, 0) is 8.85 Å². The van der Waals surface area contributed by atoms with E-state index >= 15 is 0 Å². The van der Waals surface area contributed by atoms with Crippen molar-refractivity contribution in [3.8, 4) is 0 Å². The average Bonchev–Trinajstić information content (AvgIpc) is 3.37. The van der Waals surface area contributed by atoms with E-state index in [-0.39, 0.29) is 5.41 Å². The molecular weight excluding hydrogens is 436 g/mol. The Balaban J connectivity index is 1.67. The van der Waals surface area contributed by atoms with Crippen molar-refractivity contribution in [1.82, 2.24) is 0 Å². The van der Waals surface area contributed by atoms with Crippen LogP contribution in [0, 0.1) is 40.9 Å². The number of hydrogen-bond donors (Lipinski definition) is 0. The summed E-state index contributed by atoms with van der Waals surface area (Å²) in [7, 11) is -3.11. The fraction of sp³-hybridized carbons (Fsp3) is 0.724. The first-order valence-corrected chi connectivity index (χ1v) is 20.4. The molecule has 0 aliphatic heterocycles. The SMILES string of the molecule is C[Si](C)(C)OCCCC(CO[Si](C)(C)C)(C1CCC2C=CC=CC21)C1CCC2C=CC=CC21. The van der Waals surface area contributed by atoms with E-state index < -0.39 is 16.6 Å². The lowest BCUT2D eigenvalue weighted by atomic mass is 9.57. The van der Waals surface area contributed by atoms with E-state index in [2.05, 4.69) is 87.9 Å². The van der Waals surface area contributed by atoms with Crippen molar-refractivity contribution in [2.24, 2.45) is 40.9 Å².